The highest BCUT2D eigenvalue weighted by Gasteiger charge is 2.33. The van der Waals surface area contributed by atoms with E-state index >= 15 is 0 Å². The van der Waals surface area contributed by atoms with Gasteiger partial charge in [-0.25, -0.2) is 0 Å². The van der Waals surface area contributed by atoms with Crippen LogP contribution in [-0.2, 0) is 5.54 Å². The first-order chi connectivity index (χ1) is 9.14. The Labute approximate surface area is 117 Å². The van der Waals surface area contributed by atoms with Crippen molar-refractivity contribution in [2.45, 2.75) is 58.4 Å². The van der Waals surface area contributed by atoms with Crippen molar-refractivity contribution in [3.05, 3.63) is 28.8 Å². The molecule has 0 spiro atoms. The molecule has 0 bridgehead atoms. The van der Waals surface area contributed by atoms with Crippen LogP contribution in [0.15, 0.2) is 12.1 Å². The van der Waals surface area contributed by atoms with Gasteiger partial charge in [0.05, 0.1) is 7.11 Å². The van der Waals surface area contributed by atoms with Gasteiger partial charge in [0.15, 0.2) is 0 Å². The van der Waals surface area contributed by atoms with E-state index in [4.69, 9.17) is 4.74 Å². The molecule has 1 N–H and O–H groups in total. The summed E-state index contributed by atoms with van der Waals surface area (Å²) in [4.78, 5) is 0. The molecule has 0 saturated carbocycles. The maximum atomic E-state index is 5.74. The lowest BCUT2D eigenvalue weighted by atomic mass is 9.81. The van der Waals surface area contributed by atoms with Gasteiger partial charge in [-0.05, 0) is 50.8 Å². The maximum Gasteiger partial charge on any atom is 0.127 e. The number of hydrogen-bond donors (Lipinski definition) is 1. The van der Waals surface area contributed by atoms with E-state index in [9.17, 15) is 0 Å². The minimum absolute atomic E-state index is 0.0975. The molecule has 1 saturated heterocycles. The first kappa shape index (κ1) is 14.4. The van der Waals surface area contributed by atoms with E-state index in [1.54, 1.807) is 7.11 Å². The largest absolute Gasteiger partial charge is 0.496 e. The zero-order valence-electron chi connectivity index (χ0n) is 12.8. The Balaban J connectivity index is 2.50. The lowest BCUT2D eigenvalue weighted by molar-refractivity contribution is 0.294. The summed E-state index contributed by atoms with van der Waals surface area (Å²) < 4.78 is 5.74. The first-order valence-corrected chi connectivity index (χ1v) is 7.54. The number of nitrogens with one attached hydrogen (secondary N) is 1. The van der Waals surface area contributed by atoms with Crippen LogP contribution in [0.4, 0.5) is 0 Å². The van der Waals surface area contributed by atoms with Crippen LogP contribution in [-0.4, -0.2) is 13.7 Å². The summed E-state index contributed by atoms with van der Waals surface area (Å²) in [5, 5.41) is 3.80. The lowest BCUT2D eigenvalue weighted by Crippen LogP contribution is -2.41. The molecule has 1 unspecified atom stereocenters. The van der Waals surface area contributed by atoms with Crippen molar-refractivity contribution in [3.8, 4) is 5.75 Å². The van der Waals surface area contributed by atoms with Gasteiger partial charge < -0.3 is 10.1 Å². The standard InChI is InChI=1S/C17H27NO/c1-5-17(11-7-6-8-12-18-17)15-10-9-13(2)14(3)16(15)19-4/h9-10,18H,5-8,11-12H2,1-4H3. The normalized spacial score (nSPS) is 24.0. The molecule has 0 radical (unpaired) electrons. The molecule has 0 aromatic heterocycles. The fourth-order valence-electron chi connectivity index (χ4n) is 3.30. The van der Waals surface area contributed by atoms with Crippen LogP contribution in [0.5, 0.6) is 5.75 Å². The number of ether oxygens (including phenoxy) is 1. The number of aryl methyl sites for hydroxylation is 1. The van der Waals surface area contributed by atoms with Crippen LogP contribution in [0.2, 0.25) is 0 Å². The minimum atomic E-state index is 0.0975. The zero-order chi connectivity index (χ0) is 13.9. The van der Waals surface area contributed by atoms with Gasteiger partial charge in [0.2, 0.25) is 0 Å². The van der Waals surface area contributed by atoms with Gasteiger partial charge in [-0.2, -0.15) is 0 Å². The van der Waals surface area contributed by atoms with E-state index in [-0.39, 0.29) is 5.54 Å². The number of benzene rings is 1. The second-order valence-corrected chi connectivity index (χ2v) is 5.76. The minimum Gasteiger partial charge on any atom is -0.496 e. The molecule has 1 aliphatic rings. The third kappa shape index (κ3) is 2.64. The smallest absolute Gasteiger partial charge is 0.127 e. The summed E-state index contributed by atoms with van der Waals surface area (Å²) in [6.45, 7) is 7.72. The van der Waals surface area contributed by atoms with Gasteiger partial charge in [-0.3, -0.25) is 0 Å². The van der Waals surface area contributed by atoms with Crippen LogP contribution in [0.25, 0.3) is 0 Å². The van der Waals surface area contributed by atoms with Crippen LogP contribution in [0.1, 0.15) is 55.7 Å². The van der Waals surface area contributed by atoms with Crippen LogP contribution in [0.3, 0.4) is 0 Å². The van der Waals surface area contributed by atoms with Crippen molar-refractivity contribution in [3.63, 3.8) is 0 Å². The first-order valence-electron chi connectivity index (χ1n) is 7.54. The highest BCUT2D eigenvalue weighted by atomic mass is 16.5. The third-order valence-electron chi connectivity index (χ3n) is 4.74. The van der Waals surface area contributed by atoms with E-state index in [1.807, 2.05) is 0 Å². The highest BCUT2D eigenvalue weighted by Crippen LogP contribution is 2.40. The van der Waals surface area contributed by atoms with Gasteiger partial charge in [0, 0.05) is 11.1 Å². The summed E-state index contributed by atoms with van der Waals surface area (Å²) in [5.74, 6) is 1.08. The summed E-state index contributed by atoms with van der Waals surface area (Å²) in [6.07, 6.45) is 6.25. The molecule has 1 aliphatic heterocycles. The van der Waals surface area contributed by atoms with Crippen molar-refractivity contribution in [2.24, 2.45) is 0 Å². The van der Waals surface area contributed by atoms with Crippen LogP contribution >= 0.6 is 0 Å². The van der Waals surface area contributed by atoms with Crippen molar-refractivity contribution < 1.29 is 4.74 Å². The highest BCUT2D eigenvalue weighted by molar-refractivity contribution is 5.48. The Morgan fingerprint density at radius 1 is 1.21 bits per heavy atom. The Hall–Kier alpha value is -1.02. The van der Waals surface area contributed by atoms with Gasteiger partial charge >= 0.3 is 0 Å². The number of hydrogen-bond acceptors (Lipinski definition) is 2. The molecular weight excluding hydrogens is 234 g/mol. The Kier molecular flexibility index (Phi) is 4.51. The number of methoxy groups -OCH3 is 1. The lowest BCUT2D eigenvalue weighted by Gasteiger charge is -2.35. The topological polar surface area (TPSA) is 21.3 Å². The second kappa shape index (κ2) is 5.96. The summed E-state index contributed by atoms with van der Waals surface area (Å²) >= 11 is 0. The molecule has 2 nitrogen and oxygen atoms in total. The monoisotopic (exact) mass is 261 g/mol. The molecule has 19 heavy (non-hydrogen) atoms. The molecule has 1 aromatic rings. The molecule has 0 aliphatic carbocycles. The molecule has 1 fully saturated rings. The second-order valence-electron chi connectivity index (χ2n) is 5.76. The van der Waals surface area contributed by atoms with Gasteiger partial charge in [-0.15, -0.1) is 0 Å². The van der Waals surface area contributed by atoms with E-state index in [2.05, 4.69) is 38.2 Å². The SMILES string of the molecule is CCC1(c2ccc(C)c(C)c2OC)CCCCCN1. The van der Waals surface area contributed by atoms with E-state index in [1.165, 1.54) is 42.4 Å². The van der Waals surface area contributed by atoms with Crippen molar-refractivity contribution >= 4 is 0 Å². The van der Waals surface area contributed by atoms with E-state index in [0.29, 0.717) is 0 Å². The fourth-order valence-corrected chi connectivity index (χ4v) is 3.30. The predicted molar refractivity (Wildman–Crippen MR) is 80.9 cm³/mol. The quantitative estimate of drug-likeness (QED) is 0.885. The van der Waals surface area contributed by atoms with Crippen LogP contribution in [0, 0.1) is 13.8 Å². The van der Waals surface area contributed by atoms with Gasteiger partial charge in [0.25, 0.3) is 0 Å². The summed E-state index contributed by atoms with van der Waals surface area (Å²) in [5.41, 5.74) is 4.03. The predicted octanol–water partition coefficient (Wildman–Crippen LogP) is 4.08. The van der Waals surface area contributed by atoms with Crippen LogP contribution < -0.4 is 10.1 Å². The number of rotatable bonds is 3. The molecule has 2 rings (SSSR count). The van der Waals surface area contributed by atoms with Crippen molar-refractivity contribution in [1.29, 1.82) is 0 Å². The third-order valence-corrected chi connectivity index (χ3v) is 4.74. The van der Waals surface area contributed by atoms with E-state index < -0.39 is 0 Å². The summed E-state index contributed by atoms with van der Waals surface area (Å²) in [7, 11) is 1.80. The molecule has 0 amide bonds. The van der Waals surface area contributed by atoms with Crippen molar-refractivity contribution in [2.75, 3.05) is 13.7 Å². The molecule has 1 atom stereocenters. The summed E-state index contributed by atoms with van der Waals surface area (Å²) in [6, 6.07) is 4.50. The fraction of sp³-hybridized carbons (Fsp3) is 0.647. The Morgan fingerprint density at radius 2 is 2.00 bits per heavy atom. The van der Waals surface area contributed by atoms with Crippen molar-refractivity contribution in [1.82, 2.24) is 5.32 Å². The average molecular weight is 261 g/mol. The van der Waals surface area contributed by atoms with Gasteiger partial charge in [0.1, 0.15) is 5.75 Å². The molecule has 1 heterocycles. The van der Waals surface area contributed by atoms with Gasteiger partial charge in [-0.1, -0.05) is 31.9 Å². The Bertz CT molecular complexity index is 431. The van der Waals surface area contributed by atoms with E-state index in [0.717, 1.165) is 18.7 Å². The average Bonchev–Trinajstić information content (AvgIpc) is 2.68. The molecule has 106 valence electrons. The Morgan fingerprint density at radius 3 is 2.68 bits per heavy atom. The molecular formula is C17H27NO. The molecule has 2 heteroatoms. The maximum absolute atomic E-state index is 5.74. The zero-order valence-corrected chi connectivity index (χ0v) is 12.8. The molecule has 1 aromatic carbocycles.